The standard InChI is InChI=1S/C9H20O4S.C6H14O4.C4H10O/c1-2-3-4-5-6-7-8-9-13-14(10,11)12;7-1-3-9-5-6-10-4-2-8;1-3-5-4-2/h2-9H2,1H3,(H,10,11,12);7-8H,1-6H2;3-4H2,1-2H3. The zero-order chi connectivity index (χ0) is 22.6. The van der Waals surface area contributed by atoms with Crippen LogP contribution in [0.15, 0.2) is 0 Å². The van der Waals surface area contributed by atoms with E-state index in [0.29, 0.717) is 32.8 Å². The number of rotatable bonds is 18. The van der Waals surface area contributed by atoms with Gasteiger partial charge < -0.3 is 24.4 Å². The summed E-state index contributed by atoms with van der Waals surface area (Å²) in [4.78, 5) is 0. The van der Waals surface area contributed by atoms with Crippen LogP contribution in [0.1, 0.15) is 65.7 Å². The van der Waals surface area contributed by atoms with Gasteiger partial charge >= 0.3 is 10.4 Å². The first-order chi connectivity index (χ1) is 13.9. The summed E-state index contributed by atoms with van der Waals surface area (Å²) in [6.45, 7) is 9.65. The molecule has 0 aromatic heterocycles. The smallest absolute Gasteiger partial charge is 0.394 e. The van der Waals surface area contributed by atoms with Crippen LogP contribution in [0.4, 0.5) is 0 Å². The fourth-order valence-electron chi connectivity index (χ4n) is 1.88. The molecule has 10 heteroatoms. The molecule has 0 saturated heterocycles. The maximum Gasteiger partial charge on any atom is 0.397 e. The number of ether oxygens (including phenoxy) is 3. The lowest BCUT2D eigenvalue weighted by Gasteiger charge is -2.01. The number of hydrogen-bond donors (Lipinski definition) is 3. The highest BCUT2D eigenvalue weighted by molar-refractivity contribution is 7.80. The lowest BCUT2D eigenvalue weighted by atomic mass is 10.1. The van der Waals surface area contributed by atoms with Crippen LogP contribution >= 0.6 is 0 Å². The molecule has 0 saturated carbocycles. The molecule has 9 nitrogen and oxygen atoms in total. The van der Waals surface area contributed by atoms with Crippen LogP contribution < -0.4 is 0 Å². The minimum absolute atomic E-state index is 0.0417. The zero-order valence-electron chi connectivity index (χ0n) is 18.5. The molecule has 0 aliphatic carbocycles. The molecule has 0 aliphatic heterocycles. The maximum atomic E-state index is 10.1. The van der Waals surface area contributed by atoms with Gasteiger partial charge in [-0.1, -0.05) is 45.4 Å². The third-order valence-corrected chi connectivity index (χ3v) is 3.70. The molecule has 0 heterocycles. The van der Waals surface area contributed by atoms with Gasteiger partial charge in [-0.3, -0.25) is 4.55 Å². The molecule has 0 aliphatic rings. The van der Waals surface area contributed by atoms with Crippen LogP contribution in [0.3, 0.4) is 0 Å². The van der Waals surface area contributed by atoms with E-state index in [1.165, 1.54) is 25.7 Å². The van der Waals surface area contributed by atoms with Crippen molar-refractivity contribution in [2.75, 3.05) is 59.5 Å². The number of aliphatic hydroxyl groups is 2. The molecule has 0 aromatic carbocycles. The van der Waals surface area contributed by atoms with Gasteiger partial charge in [-0.2, -0.15) is 8.42 Å². The average Bonchev–Trinajstić information content (AvgIpc) is 2.68. The summed E-state index contributed by atoms with van der Waals surface area (Å²) < 4.78 is 47.3. The molecule has 0 bridgehead atoms. The number of aliphatic hydroxyl groups excluding tert-OH is 2. The second-order valence-corrected chi connectivity index (χ2v) is 6.92. The minimum atomic E-state index is -4.23. The van der Waals surface area contributed by atoms with E-state index >= 15 is 0 Å². The maximum absolute atomic E-state index is 10.1. The fraction of sp³-hybridized carbons (Fsp3) is 1.00. The lowest BCUT2D eigenvalue weighted by Crippen LogP contribution is -2.09. The van der Waals surface area contributed by atoms with Crippen LogP contribution in [0.2, 0.25) is 0 Å². The summed E-state index contributed by atoms with van der Waals surface area (Å²) in [6, 6.07) is 0. The highest BCUT2D eigenvalue weighted by Crippen LogP contribution is 2.07. The first-order valence-electron chi connectivity index (χ1n) is 10.5. The predicted molar refractivity (Wildman–Crippen MR) is 113 cm³/mol. The first kappa shape index (κ1) is 33.3. The molecule has 0 unspecified atom stereocenters. The fourth-order valence-corrected chi connectivity index (χ4v) is 2.21. The van der Waals surface area contributed by atoms with Gasteiger partial charge in [0.15, 0.2) is 0 Å². The van der Waals surface area contributed by atoms with Crippen molar-refractivity contribution in [2.24, 2.45) is 0 Å². The van der Waals surface area contributed by atoms with E-state index < -0.39 is 10.4 Å². The van der Waals surface area contributed by atoms with Crippen molar-refractivity contribution in [2.45, 2.75) is 65.7 Å². The molecular weight excluding hydrogens is 404 g/mol. The molecule has 0 aromatic rings. The third kappa shape index (κ3) is 47.1. The van der Waals surface area contributed by atoms with Crippen molar-refractivity contribution in [3.05, 3.63) is 0 Å². The predicted octanol–water partition coefficient (Wildman–Crippen LogP) is 2.60. The van der Waals surface area contributed by atoms with Gasteiger partial charge in [0, 0.05) is 13.2 Å². The summed E-state index contributed by atoms with van der Waals surface area (Å²) in [5, 5.41) is 16.5. The molecule has 0 fully saturated rings. The summed E-state index contributed by atoms with van der Waals surface area (Å²) in [5.41, 5.74) is 0. The third-order valence-electron chi connectivity index (χ3n) is 3.23. The Labute approximate surface area is 177 Å². The quantitative estimate of drug-likeness (QED) is 0.214. The Kier molecular flexibility index (Phi) is 34.3. The average molecular weight is 449 g/mol. The normalized spacial score (nSPS) is 10.7. The van der Waals surface area contributed by atoms with Gasteiger partial charge in [0.05, 0.1) is 46.2 Å². The van der Waals surface area contributed by atoms with Crippen molar-refractivity contribution < 1.29 is 41.6 Å². The molecule has 180 valence electrons. The molecule has 0 rings (SSSR count). The molecule has 29 heavy (non-hydrogen) atoms. The van der Waals surface area contributed by atoms with Gasteiger partial charge in [0.25, 0.3) is 0 Å². The van der Waals surface area contributed by atoms with Crippen molar-refractivity contribution in [3.63, 3.8) is 0 Å². The Morgan fingerprint density at radius 1 is 0.621 bits per heavy atom. The van der Waals surface area contributed by atoms with E-state index in [4.69, 9.17) is 29.0 Å². The molecular formula is C19H44O9S. The summed E-state index contributed by atoms with van der Waals surface area (Å²) in [7, 11) is -4.23. The van der Waals surface area contributed by atoms with Crippen LogP contribution in [0.5, 0.6) is 0 Å². The number of unbranched alkanes of at least 4 members (excludes halogenated alkanes) is 6. The minimum Gasteiger partial charge on any atom is -0.394 e. The van der Waals surface area contributed by atoms with E-state index in [1.54, 1.807) is 0 Å². The van der Waals surface area contributed by atoms with Crippen LogP contribution in [0.25, 0.3) is 0 Å². The molecule has 0 amide bonds. The topological polar surface area (TPSA) is 132 Å². The van der Waals surface area contributed by atoms with E-state index in [0.717, 1.165) is 26.1 Å². The molecule has 0 radical (unpaired) electrons. The van der Waals surface area contributed by atoms with Crippen LogP contribution in [-0.4, -0.2) is 82.6 Å². The van der Waals surface area contributed by atoms with Crippen molar-refractivity contribution >= 4 is 10.4 Å². The summed E-state index contributed by atoms with van der Waals surface area (Å²) >= 11 is 0. The SMILES string of the molecule is CCCCCCCCCOS(=O)(=O)O.CCOCC.OCCOCCOCCO. The van der Waals surface area contributed by atoms with Gasteiger partial charge in [-0.25, -0.2) is 4.18 Å². The second-order valence-electron chi connectivity index (χ2n) is 5.82. The molecule has 3 N–H and O–H groups in total. The monoisotopic (exact) mass is 448 g/mol. The van der Waals surface area contributed by atoms with Crippen LogP contribution in [0, 0.1) is 0 Å². The van der Waals surface area contributed by atoms with Crippen LogP contribution in [-0.2, 0) is 28.8 Å². The largest absolute Gasteiger partial charge is 0.397 e. The van der Waals surface area contributed by atoms with E-state index in [9.17, 15) is 8.42 Å². The molecule has 0 spiro atoms. The number of hydrogen-bond acceptors (Lipinski definition) is 8. The van der Waals surface area contributed by atoms with Gasteiger partial charge in [-0.15, -0.1) is 0 Å². The Hall–Kier alpha value is -0.330. The van der Waals surface area contributed by atoms with Gasteiger partial charge in [0.2, 0.25) is 0 Å². The molecule has 0 atom stereocenters. The second kappa shape index (κ2) is 29.9. The van der Waals surface area contributed by atoms with Gasteiger partial charge in [-0.05, 0) is 20.3 Å². The Morgan fingerprint density at radius 2 is 1.07 bits per heavy atom. The van der Waals surface area contributed by atoms with E-state index in [-0.39, 0.29) is 19.8 Å². The van der Waals surface area contributed by atoms with E-state index in [2.05, 4.69) is 11.1 Å². The highest BCUT2D eigenvalue weighted by atomic mass is 32.3. The highest BCUT2D eigenvalue weighted by Gasteiger charge is 2.02. The van der Waals surface area contributed by atoms with Crippen molar-refractivity contribution in [1.82, 2.24) is 0 Å². The van der Waals surface area contributed by atoms with Gasteiger partial charge in [0.1, 0.15) is 0 Å². The Bertz CT molecular complexity index is 355. The summed E-state index contributed by atoms with van der Waals surface area (Å²) in [5.74, 6) is 0. The summed E-state index contributed by atoms with van der Waals surface area (Å²) in [6.07, 6.45) is 7.68. The van der Waals surface area contributed by atoms with Crippen molar-refractivity contribution in [3.8, 4) is 0 Å². The lowest BCUT2D eigenvalue weighted by molar-refractivity contribution is 0.0222. The van der Waals surface area contributed by atoms with E-state index in [1.807, 2.05) is 13.8 Å². The first-order valence-corrected chi connectivity index (χ1v) is 11.8. The van der Waals surface area contributed by atoms with Crippen molar-refractivity contribution in [1.29, 1.82) is 0 Å². The zero-order valence-corrected chi connectivity index (χ0v) is 19.3. The Morgan fingerprint density at radius 3 is 1.41 bits per heavy atom. The Balaban J connectivity index is -0.000000392.